The van der Waals surface area contributed by atoms with Crippen LogP contribution in [0.5, 0.6) is 0 Å². The molecule has 0 radical (unpaired) electrons. The van der Waals surface area contributed by atoms with Gasteiger partial charge in [-0.25, -0.2) is 0 Å². The van der Waals surface area contributed by atoms with E-state index >= 15 is 0 Å². The van der Waals surface area contributed by atoms with Crippen LogP contribution in [0.25, 0.3) is 0 Å². The molecule has 1 fully saturated rings. The lowest BCUT2D eigenvalue weighted by Crippen LogP contribution is -2.05. The van der Waals surface area contributed by atoms with Crippen molar-refractivity contribution in [3.05, 3.63) is 33.3 Å². The van der Waals surface area contributed by atoms with Crippen molar-refractivity contribution in [1.82, 2.24) is 0 Å². The number of fused-ring (bicyclic) bond motifs is 3. The fourth-order valence-electron chi connectivity index (χ4n) is 2.76. The van der Waals surface area contributed by atoms with Crippen LogP contribution in [0, 0.1) is 11.8 Å². The summed E-state index contributed by atoms with van der Waals surface area (Å²) in [6, 6.07) is 3.58. The monoisotopic (exact) mass is 242 g/mol. The van der Waals surface area contributed by atoms with Crippen molar-refractivity contribution < 1.29 is 9.90 Å². The fraction of sp³-hybridized carbons (Fsp3) is 0.364. The minimum atomic E-state index is -0.702. The van der Waals surface area contributed by atoms with E-state index in [2.05, 4.69) is 0 Å². The van der Waals surface area contributed by atoms with E-state index in [0.717, 1.165) is 17.5 Å². The van der Waals surface area contributed by atoms with Crippen LogP contribution in [-0.2, 0) is 11.2 Å². The minimum absolute atomic E-state index is 0.147. The maximum Gasteiger partial charge on any atom is 0.307 e. The molecule has 1 saturated carbocycles. The summed E-state index contributed by atoms with van der Waals surface area (Å²) in [6.45, 7) is 0. The summed E-state index contributed by atoms with van der Waals surface area (Å²) >= 11 is 12.0. The van der Waals surface area contributed by atoms with Crippen molar-refractivity contribution in [1.29, 1.82) is 0 Å². The normalized spacial score (nSPS) is 30.9. The van der Waals surface area contributed by atoms with Gasteiger partial charge in [0.1, 0.15) is 0 Å². The van der Waals surface area contributed by atoms with Gasteiger partial charge in [-0.15, -0.1) is 0 Å². The van der Waals surface area contributed by atoms with E-state index in [4.69, 9.17) is 28.3 Å². The molecular formula is C11H8Cl2O2. The molecule has 3 atom stereocenters. The van der Waals surface area contributed by atoms with Crippen molar-refractivity contribution in [2.75, 3.05) is 0 Å². The zero-order valence-electron chi connectivity index (χ0n) is 7.71. The molecule has 0 aromatic heterocycles. The highest BCUT2D eigenvalue weighted by molar-refractivity contribution is 6.35. The maximum atomic E-state index is 10.9. The summed E-state index contributed by atoms with van der Waals surface area (Å²) in [5, 5.41) is 10.2. The van der Waals surface area contributed by atoms with Crippen LogP contribution in [0.4, 0.5) is 0 Å². The van der Waals surface area contributed by atoms with Gasteiger partial charge in [-0.2, -0.15) is 0 Å². The third kappa shape index (κ3) is 1.21. The van der Waals surface area contributed by atoms with E-state index in [1.54, 1.807) is 6.07 Å². The number of aliphatic carboxylic acids is 1. The van der Waals surface area contributed by atoms with Crippen LogP contribution >= 0.6 is 23.2 Å². The van der Waals surface area contributed by atoms with Crippen LogP contribution in [0.3, 0.4) is 0 Å². The minimum Gasteiger partial charge on any atom is -0.481 e. The van der Waals surface area contributed by atoms with E-state index < -0.39 is 5.97 Å². The fourth-order valence-corrected chi connectivity index (χ4v) is 3.35. The topological polar surface area (TPSA) is 37.3 Å². The molecule has 0 saturated heterocycles. The smallest absolute Gasteiger partial charge is 0.307 e. The second-order valence-corrected chi connectivity index (χ2v) is 5.06. The van der Waals surface area contributed by atoms with Gasteiger partial charge < -0.3 is 5.11 Å². The molecule has 1 N–H and O–H groups in total. The molecule has 0 heterocycles. The Morgan fingerprint density at radius 2 is 2.13 bits per heavy atom. The summed E-state index contributed by atoms with van der Waals surface area (Å²) in [4.78, 5) is 10.9. The predicted molar refractivity (Wildman–Crippen MR) is 57.5 cm³/mol. The second-order valence-electron chi connectivity index (χ2n) is 4.21. The highest BCUT2D eigenvalue weighted by Crippen LogP contribution is 2.62. The third-order valence-corrected chi connectivity index (χ3v) is 4.00. The van der Waals surface area contributed by atoms with E-state index in [9.17, 15) is 4.79 Å². The Kier molecular flexibility index (Phi) is 1.83. The molecule has 0 spiro atoms. The van der Waals surface area contributed by atoms with Crippen molar-refractivity contribution >= 4 is 29.2 Å². The highest BCUT2D eigenvalue weighted by atomic mass is 35.5. The largest absolute Gasteiger partial charge is 0.481 e. The Morgan fingerprint density at radius 3 is 2.80 bits per heavy atom. The number of rotatable bonds is 1. The molecule has 2 aliphatic rings. The first-order chi connectivity index (χ1) is 7.09. The van der Waals surface area contributed by atoms with Crippen LogP contribution < -0.4 is 0 Å². The first-order valence-corrected chi connectivity index (χ1v) is 5.56. The molecule has 0 aliphatic heterocycles. The zero-order chi connectivity index (χ0) is 10.7. The summed E-state index contributed by atoms with van der Waals surface area (Å²) in [5.74, 6) is -0.527. The third-order valence-electron chi connectivity index (χ3n) is 3.45. The molecule has 15 heavy (non-hydrogen) atoms. The van der Waals surface area contributed by atoms with Crippen molar-refractivity contribution in [2.45, 2.75) is 12.3 Å². The van der Waals surface area contributed by atoms with Crippen molar-refractivity contribution in [3.8, 4) is 0 Å². The number of carboxylic acid groups (broad SMARTS) is 1. The number of carboxylic acids is 1. The Morgan fingerprint density at radius 1 is 1.40 bits per heavy atom. The number of carbonyl (C=O) groups is 1. The van der Waals surface area contributed by atoms with Gasteiger partial charge in [0.25, 0.3) is 0 Å². The lowest BCUT2D eigenvalue weighted by atomic mass is 10.0. The van der Waals surface area contributed by atoms with E-state index in [1.165, 1.54) is 0 Å². The van der Waals surface area contributed by atoms with Crippen molar-refractivity contribution in [3.63, 3.8) is 0 Å². The Bertz CT molecular complexity index is 470. The summed E-state index contributed by atoms with van der Waals surface area (Å²) in [5.41, 5.74) is 2.14. The van der Waals surface area contributed by atoms with Crippen LogP contribution in [-0.4, -0.2) is 11.1 Å². The summed E-state index contributed by atoms with van der Waals surface area (Å²) in [6.07, 6.45) is 0.785. The molecule has 1 aromatic carbocycles. The van der Waals surface area contributed by atoms with Gasteiger partial charge in [0.2, 0.25) is 0 Å². The lowest BCUT2D eigenvalue weighted by Gasteiger charge is -2.07. The molecule has 2 nitrogen and oxygen atoms in total. The quantitative estimate of drug-likeness (QED) is 0.823. The van der Waals surface area contributed by atoms with Gasteiger partial charge in [0.05, 0.1) is 5.92 Å². The number of halogens is 2. The van der Waals surface area contributed by atoms with Crippen LogP contribution in [0.2, 0.25) is 10.0 Å². The van der Waals surface area contributed by atoms with Gasteiger partial charge in [-0.05, 0) is 35.6 Å². The van der Waals surface area contributed by atoms with E-state index in [1.807, 2.05) is 6.07 Å². The Hall–Kier alpha value is -0.730. The maximum absolute atomic E-state index is 10.9. The standard InChI is InChI=1S/C11H8Cl2O2/c12-4-1-6-5(8(13)2-4)3-7-9(6)10(7)11(14)15/h1-2,7,9-10H,3H2,(H,14,15). The molecule has 4 heteroatoms. The molecule has 78 valence electrons. The van der Waals surface area contributed by atoms with Gasteiger partial charge in [-0.1, -0.05) is 23.2 Å². The second kappa shape index (κ2) is 2.89. The molecule has 2 aliphatic carbocycles. The molecule has 0 amide bonds. The Labute approximate surface area is 96.8 Å². The van der Waals surface area contributed by atoms with E-state index in [0.29, 0.717) is 10.0 Å². The van der Waals surface area contributed by atoms with Crippen LogP contribution in [0.1, 0.15) is 17.0 Å². The summed E-state index contributed by atoms with van der Waals surface area (Å²) < 4.78 is 0. The van der Waals surface area contributed by atoms with Gasteiger partial charge in [-0.3, -0.25) is 4.79 Å². The number of hydrogen-bond donors (Lipinski definition) is 1. The predicted octanol–water partition coefficient (Wildman–Crippen LogP) is 2.96. The van der Waals surface area contributed by atoms with Crippen molar-refractivity contribution in [2.24, 2.45) is 11.8 Å². The highest BCUT2D eigenvalue weighted by Gasteiger charge is 2.60. The van der Waals surface area contributed by atoms with E-state index in [-0.39, 0.29) is 17.8 Å². The molecule has 3 unspecified atom stereocenters. The average Bonchev–Trinajstić information content (AvgIpc) is 2.74. The number of benzene rings is 1. The first-order valence-electron chi connectivity index (χ1n) is 4.80. The molecule has 0 bridgehead atoms. The van der Waals surface area contributed by atoms with Gasteiger partial charge >= 0.3 is 5.97 Å². The lowest BCUT2D eigenvalue weighted by molar-refractivity contribution is -0.139. The van der Waals surface area contributed by atoms with Crippen LogP contribution in [0.15, 0.2) is 12.1 Å². The number of hydrogen-bond acceptors (Lipinski definition) is 1. The molecule has 3 rings (SSSR count). The molecule has 1 aromatic rings. The SMILES string of the molecule is O=C(O)C1C2Cc3c(Cl)cc(Cl)cc3C21. The average molecular weight is 243 g/mol. The molecular weight excluding hydrogens is 235 g/mol. The summed E-state index contributed by atoms with van der Waals surface area (Å²) in [7, 11) is 0. The zero-order valence-corrected chi connectivity index (χ0v) is 9.22. The first kappa shape index (κ1) is 9.49. The van der Waals surface area contributed by atoms with Gasteiger partial charge in [0, 0.05) is 16.0 Å². The Balaban J connectivity index is 2.05. The van der Waals surface area contributed by atoms with Gasteiger partial charge in [0.15, 0.2) is 0 Å².